The number of nitrogens with one attached hydrogen (secondary N) is 1. The quantitative estimate of drug-likeness (QED) is 0.792. The lowest BCUT2D eigenvalue weighted by atomic mass is 10.2. The number of aromatic nitrogens is 1. The monoisotopic (exact) mass is 409 g/mol. The minimum atomic E-state index is -3.29. The van der Waals surface area contributed by atoms with E-state index in [0.29, 0.717) is 30.4 Å². The Morgan fingerprint density at radius 1 is 1.37 bits per heavy atom. The van der Waals surface area contributed by atoms with E-state index in [1.54, 1.807) is 13.8 Å². The molecule has 3 rings (SSSR count). The van der Waals surface area contributed by atoms with Crippen LogP contribution in [0.2, 0.25) is 0 Å². The Morgan fingerprint density at radius 2 is 2.11 bits per heavy atom. The second kappa shape index (κ2) is 7.95. The Labute approximate surface area is 163 Å². The lowest BCUT2D eigenvalue weighted by molar-refractivity contribution is -0.118. The molecule has 2 heterocycles. The number of hydrogen-bond donors (Lipinski definition) is 1. The summed E-state index contributed by atoms with van der Waals surface area (Å²) >= 11 is 1.32. The van der Waals surface area contributed by atoms with Gasteiger partial charge < -0.3 is 4.74 Å². The number of carbonyl (C=O) groups excluding carboxylic acids is 1. The van der Waals surface area contributed by atoms with E-state index in [4.69, 9.17) is 4.74 Å². The molecule has 0 saturated carbocycles. The van der Waals surface area contributed by atoms with Crippen molar-refractivity contribution in [3.63, 3.8) is 0 Å². The number of nitrogens with zero attached hydrogens (tertiary/aromatic N) is 2. The fraction of sp³-hybridized carbons (Fsp3) is 0.444. The number of fused-ring (bicyclic) bond motifs is 1. The number of anilines is 1. The first-order valence-electron chi connectivity index (χ1n) is 8.73. The van der Waals surface area contributed by atoms with Crippen molar-refractivity contribution in [2.24, 2.45) is 0 Å². The van der Waals surface area contributed by atoms with Crippen LogP contribution in [0.15, 0.2) is 24.3 Å². The average molecular weight is 410 g/mol. The van der Waals surface area contributed by atoms with E-state index in [2.05, 4.69) is 10.3 Å². The van der Waals surface area contributed by atoms with Crippen molar-refractivity contribution in [3.05, 3.63) is 40.4 Å². The number of thiazole rings is 1. The topological polar surface area (TPSA) is 88.6 Å². The van der Waals surface area contributed by atoms with Crippen molar-refractivity contribution in [1.82, 2.24) is 9.29 Å². The third-order valence-electron chi connectivity index (χ3n) is 4.35. The summed E-state index contributed by atoms with van der Waals surface area (Å²) in [6, 6.07) is 7.49. The number of benzene rings is 1. The van der Waals surface area contributed by atoms with E-state index in [-0.39, 0.29) is 12.5 Å². The highest BCUT2D eigenvalue weighted by Crippen LogP contribution is 2.30. The average Bonchev–Trinajstić information content (AvgIpc) is 3.02. The van der Waals surface area contributed by atoms with Gasteiger partial charge in [0, 0.05) is 24.4 Å². The molecular formula is C18H23N3O4S2. The summed E-state index contributed by atoms with van der Waals surface area (Å²) in [7, 11) is -3.29. The second-order valence-electron chi connectivity index (χ2n) is 6.67. The van der Waals surface area contributed by atoms with Crippen molar-refractivity contribution in [2.45, 2.75) is 39.0 Å². The summed E-state index contributed by atoms with van der Waals surface area (Å²) in [5.41, 5.74) is 1.81. The molecule has 2 aromatic rings. The van der Waals surface area contributed by atoms with Gasteiger partial charge in [0.05, 0.1) is 10.9 Å². The first-order chi connectivity index (χ1) is 12.8. The summed E-state index contributed by atoms with van der Waals surface area (Å²) in [4.78, 5) is 17.5. The molecule has 0 unspecified atom stereocenters. The highest BCUT2D eigenvalue weighted by molar-refractivity contribution is 7.89. The zero-order valence-corrected chi connectivity index (χ0v) is 17.2. The molecule has 0 radical (unpaired) electrons. The Hall–Kier alpha value is -1.97. The molecule has 27 heavy (non-hydrogen) atoms. The van der Waals surface area contributed by atoms with Crippen molar-refractivity contribution in [3.8, 4) is 5.75 Å². The van der Waals surface area contributed by atoms with Crippen LogP contribution in [0.25, 0.3) is 0 Å². The maximum Gasteiger partial charge on any atom is 0.264 e. The van der Waals surface area contributed by atoms with Crippen LogP contribution in [0.1, 0.15) is 30.0 Å². The van der Waals surface area contributed by atoms with E-state index >= 15 is 0 Å². The third kappa shape index (κ3) is 4.48. The molecule has 0 atom stereocenters. The van der Waals surface area contributed by atoms with Crippen LogP contribution in [0.3, 0.4) is 0 Å². The van der Waals surface area contributed by atoms with Crippen molar-refractivity contribution >= 4 is 32.4 Å². The van der Waals surface area contributed by atoms with E-state index in [0.717, 1.165) is 16.1 Å². The molecule has 0 spiro atoms. The Kier molecular flexibility index (Phi) is 5.83. The third-order valence-corrected chi connectivity index (χ3v) is 7.57. The molecule has 0 fully saturated rings. The zero-order chi connectivity index (χ0) is 19.6. The standard InChI is InChI=1S/C18H23N3O4S2/c1-12(2)27(23,24)21-9-8-14-16(10-21)26-18(19-14)20-17(22)11-25-15-7-5-4-6-13(15)3/h4-7,12H,8-11H2,1-3H3,(H,19,20,22). The van der Waals surface area contributed by atoms with Gasteiger partial charge in [-0.2, -0.15) is 4.31 Å². The number of rotatable bonds is 6. The van der Waals surface area contributed by atoms with Gasteiger partial charge in [-0.05, 0) is 32.4 Å². The lowest BCUT2D eigenvalue weighted by Gasteiger charge is -2.26. The maximum atomic E-state index is 12.4. The Morgan fingerprint density at radius 3 is 2.81 bits per heavy atom. The molecule has 1 aliphatic heterocycles. The number of amides is 1. The van der Waals surface area contributed by atoms with Gasteiger partial charge in [-0.15, -0.1) is 11.3 Å². The summed E-state index contributed by atoms with van der Waals surface area (Å²) in [6.07, 6.45) is 0.549. The number of hydrogen-bond acceptors (Lipinski definition) is 6. The first-order valence-corrected chi connectivity index (χ1v) is 11.0. The molecule has 1 aromatic carbocycles. The summed E-state index contributed by atoms with van der Waals surface area (Å²) < 4.78 is 31.7. The van der Waals surface area contributed by atoms with Crippen molar-refractivity contribution < 1.29 is 17.9 Å². The minimum absolute atomic E-state index is 0.108. The van der Waals surface area contributed by atoms with Crippen molar-refractivity contribution in [2.75, 3.05) is 18.5 Å². The van der Waals surface area contributed by atoms with E-state index in [1.165, 1.54) is 15.6 Å². The predicted octanol–water partition coefficient (Wildman–Crippen LogP) is 2.57. The minimum Gasteiger partial charge on any atom is -0.483 e. The van der Waals surface area contributed by atoms with Crippen LogP contribution in [0.5, 0.6) is 5.75 Å². The van der Waals surface area contributed by atoms with E-state index < -0.39 is 15.3 Å². The van der Waals surface area contributed by atoms with Gasteiger partial charge in [0.2, 0.25) is 10.0 Å². The van der Waals surface area contributed by atoms with Gasteiger partial charge in [0.15, 0.2) is 11.7 Å². The molecule has 146 valence electrons. The first kappa shape index (κ1) is 19.8. The van der Waals surface area contributed by atoms with Gasteiger partial charge in [0.1, 0.15) is 5.75 Å². The molecule has 1 N–H and O–H groups in total. The maximum absolute atomic E-state index is 12.4. The lowest BCUT2D eigenvalue weighted by Crippen LogP contribution is -2.39. The van der Waals surface area contributed by atoms with Gasteiger partial charge >= 0.3 is 0 Å². The molecule has 0 saturated heterocycles. The molecular weight excluding hydrogens is 386 g/mol. The Bertz CT molecular complexity index is 938. The van der Waals surface area contributed by atoms with Gasteiger partial charge in [-0.3, -0.25) is 10.1 Å². The zero-order valence-electron chi connectivity index (χ0n) is 15.6. The predicted molar refractivity (Wildman–Crippen MR) is 106 cm³/mol. The number of carbonyl (C=O) groups is 1. The molecule has 0 bridgehead atoms. The number of para-hydroxylation sites is 1. The SMILES string of the molecule is Cc1ccccc1OCC(=O)Nc1nc2c(s1)CN(S(=O)(=O)C(C)C)CC2. The number of sulfonamides is 1. The molecule has 7 nitrogen and oxygen atoms in total. The number of ether oxygens (including phenoxy) is 1. The summed E-state index contributed by atoms with van der Waals surface area (Å²) in [5, 5.41) is 2.76. The fourth-order valence-electron chi connectivity index (χ4n) is 2.76. The highest BCUT2D eigenvalue weighted by Gasteiger charge is 2.31. The molecule has 1 amide bonds. The smallest absolute Gasteiger partial charge is 0.264 e. The van der Waals surface area contributed by atoms with Crippen LogP contribution in [0.4, 0.5) is 5.13 Å². The van der Waals surface area contributed by atoms with E-state index in [1.807, 2.05) is 31.2 Å². The van der Waals surface area contributed by atoms with Gasteiger partial charge in [0.25, 0.3) is 5.91 Å². The van der Waals surface area contributed by atoms with Crippen LogP contribution >= 0.6 is 11.3 Å². The van der Waals surface area contributed by atoms with Crippen LogP contribution < -0.4 is 10.1 Å². The normalized spacial score (nSPS) is 14.8. The van der Waals surface area contributed by atoms with Crippen LogP contribution in [0, 0.1) is 6.92 Å². The Balaban J connectivity index is 1.61. The van der Waals surface area contributed by atoms with E-state index in [9.17, 15) is 13.2 Å². The highest BCUT2D eigenvalue weighted by atomic mass is 32.2. The largest absolute Gasteiger partial charge is 0.483 e. The fourth-order valence-corrected chi connectivity index (χ4v) is 5.13. The van der Waals surface area contributed by atoms with Crippen LogP contribution in [-0.4, -0.2) is 42.0 Å². The van der Waals surface area contributed by atoms with Gasteiger partial charge in [-0.1, -0.05) is 18.2 Å². The summed E-state index contributed by atoms with van der Waals surface area (Å²) in [6.45, 7) is 5.89. The molecule has 1 aliphatic rings. The molecule has 0 aliphatic carbocycles. The summed E-state index contributed by atoms with van der Waals surface area (Å²) in [5.74, 6) is 0.372. The molecule has 1 aromatic heterocycles. The van der Waals surface area contributed by atoms with Crippen molar-refractivity contribution in [1.29, 1.82) is 0 Å². The van der Waals surface area contributed by atoms with Gasteiger partial charge in [-0.25, -0.2) is 13.4 Å². The second-order valence-corrected chi connectivity index (χ2v) is 10.2. The number of aryl methyl sites for hydroxylation is 1. The van der Waals surface area contributed by atoms with Crippen LogP contribution in [-0.2, 0) is 27.8 Å². The molecule has 9 heteroatoms.